The standard InChI is InChI=1S/C36H45ClO6/c1-17-18(2)31-21(19(3)30(17)40)8-12-34(6,42-31)32(41)43-36(20(4)38)13-10-24-22-15-28(37)27-16-29(39)23-14-26(23)35(27,7)25(22)9-11-33(24,36)5/h22-26,40H,8-16H2,1-7H3/t22?,23?,24?,25?,26-,33?,34?,35?,36-/m0/s1. The van der Waals surface area contributed by atoms with Crippen LogP contribution in [-0.4, -0.2) is 33.8 Å². The Labute approximate surface area is 259 Å². The van der Waals surface area contributed by atoms with Crippen LogP contribution in [0.4, 0.5) is 0 Å². The van der Waals surface area contributed by atoms with E-state index in [2.05, 4.69) is 13.8 Å². The number of rotatable bonds is 3. The summed E-state index contributed by atoms with van der Waals surface area (Å²) in [4.78, 5) is 40.7. The minimum absolute atomic E-state index is 0.0581. The Morgan fingerprint density at radius 3 is 2.37 bits per heavy atom. The van der Waals surface area contributed by atoms with Crippen LogP contribution in [0.5, 0.6) is 11.5 Å². The Kier molecular flexibility index (Phi) is 6.22. The average Bonchev–Trinajstić information content (AvgIpc) is 3.72. The van der Waals surface area contributed by atoms with Gasteiger partial charge in [0.15, 0.2) is 11.4 Å². The van der Waals surface area contributed by atoms with E-state index in [9.17, 15) is 19.5 Å². The van der Waals surface area contributed by atoms with Crippen LogP contribution in [-0.2, 0) is 25.5 Å². The van der Waals surface area contributed by atoms with Crippen molar-refractivity contribution in [1.29, 1.82) is 0 Å². The number of hydrogen-bond acceptors (Lipinski definition) is 6. The molecule has 1 aromatic carbocycles. The fourth-order valence-corrected chi connectivity index (χ4v) is 11.4. The topological polar surface area (TPSA) is 89.9 Å². The molecule has 0 radical (unpaired) electrons. The number of hydrogen-bond donors (Lipinski definition) is 1. The zero-order valence-electron chi connectivity index (χ0n) is 26.6. The van der Waals surface area contributed by atoms with E-state index in [1.807, 2.05) is 20.8 Å². The van der Waals surface area contributed by atoms with Crippen LogP contribution in [0.25, 0.3) is 0 Å². The monoisotopic (exact) mass is 608 g/mol. The van der Waals surface area contributed by atoms with E-state index in [1.165, 1.54) is 5.57 Å². The van der Waals surface area contributed by atoms with Gasteiger partial charge in [-0.2, -0.15) is 0 Å². The second-order valence-corrected chi connectivity index (χ2v) is 15.9. The van der Waals surface area contributed by atoms with E-state index < -0.39 is 22.6 Å². The van der Waals surface area contributed by atoms with Crippen LogP contribution >= 0.6 is 11.6 Å². The lowest BCUT2D eigenvalue weighted by atomic mass is 9.46. The number of carbonyl (C=O) groups excluding carboxylic acids is 3. The van der Waals surface area contributed by atoms with Crippen molar-refractivity contribution < 1.29 is 29.0 Å². The van der Waals surface area contributed by atoms with E-state index in [-0.39, 0.29) is 28.8 Å². The lowest BCUT2D eigenvalue weighted by Crippen LogP contribution is -2.61. The van der Waals surface area contributed by atoms with Crippen molar-refractivity contribution in [2.24, 2.45) is 40.4 Å². The minimum Gasteiger partial charge on any atom is -0.507 e. The first-order valence-corrected chi connectivity index (χ1v) is 16.6. The van der Waals surface area contributed by atoms with Crippen LogP contribution in [0, 0.1) is 61.2 Å². The number of halogens is 1. The third kappa shape index (κ3) is 3.62. The highest BCUT2D eigenvalue weighted by atomic mass is 35.5. The normalized spacial score (nSPS) is 42.6. The van der Waals surface area contributed by atoms with E-state index in [0.29, 0.717) is 55.0 Å². The Balaban J connectivity index is 1.20. The number of ketones is 2. The van der Waals surface area contributed by atoms with E-state index in [1.54, 1.807) is 13.8 Å². The molecule has 1 aliphatic heterocycles. The van der Waals surface area contributed by atoms with E-state index in [0.717, 1.165) is 59.4 Å². The number of allylic oxidation sites excluding steroid dienone is 2. The molecule has 43 heavy (non-hydrogen) atoms. The molecule has 7 rings (SSSR count). The SMILES string of the molecule is CC(=O)[C@@]1(OC(=O)C2(C)CCc3c(C)c(O)c(C)c(C)c3O2)CCC2C3CC(Cl)=C4CC(=O)C5C[C@@H]5C4(C)C3CCC21C. The van der Waals surface area contributed by atoms with E-state index in [4.69, 9.17) is 21.1 Å². The fourth-order valence-electron chi connectivity index (χ4n) is 10.9. The molecule has 1 heterocycles. The van der Waals surface area contributed by atoms with Gasteiger partial charge in [-0.1, -0.05) is 25.4 Å². The molecule has 4 fully saturated rings. The zero-order chi connectivity index (χ0) is 31.0. The van der Waals surface area contributed by atoms with Crippen LogP contribution < -0.4 is 4.74 Å². The van der Waals surface area contributed by atoms with Gasteiger partial charge in [-0.05, 0) is 131 Å². The first kappa shape index (κ1) is 29.4. The summed E-state index contributed by atoms with van der Waals surface area (Å²) >= 11 is 7.05. The number of carbonyl (C=O) groups is 3. The van der Waals surface area contributed by atoms with Crippen LogP contribution in [0.2, 0.25) is 0 Å². The largest absolute Gasteiger partial charge is 0.507 e. The number of fused-ring (bicyclic) bond motifs is 8. The van der Waals surface area contributed by atoms with Gasteiger partial charge in [0, 0.05) is 34.8 Å². The number of benzene rings is 1. The minimum atomic E-state index is -1.24. The van der Waals surface area contributed by atoms with Crippen molar-refractivity contribution in [3.63, 3.8) is 0 Å². The fraction of sp³-hybridized carbons (Fsp3) is 0.694. The summed E-state index contributed by atoms with van der Waals surface area (Å²) < 4.78 is 13.0. The Morgan fingerprint density at radius 1 is 0.977 bits per heavy atom. The second kappa shape index (κ2) is 9.11. The van der Waals surface area contributed by atoms with Crippen LogP contribution in [0.15, 0.2) is 10.6 Å². The van der Waals surface area contributed by atoms with E-state index >= 15 is 0 Å². The first-order valence-electron chi connectivity index (χ1n) is 16.3. The van der Waals surface area contributed by atoms with Gasteiger partial charge in [-0.25, -0.2) is 4.79 Å². The molecule has 4 saturated carbocycles. The maximum atomic E-state index is 14.2. The maximum Gasteiger partial charge on any atom is 0.351 e. The summed E-state index contributed by atoms with van der Waals surface area (Å²) in [5, 5.41) is 11.5. The third-order valence-electron chi connectivity index (χ3n) is 13.8. The average molecular weight is 609 g/mol. The number of phenols is 1. The molecule has 0 spiro atoms. The molecule has 232 valence electrons. The van der Waals surface area contributed by atoms with Crippen molar-refractivity contribution >= 4 is 29.1 Å². The van der Waals surface area contributed by atoms with Crippen molar-refractivity contribution in [2.45, 2.75) is 117 Å². The highest BCUT2D eigenvalue weighted by molar-refractivity contribution is 6.30. The highest BCUT2D eigenvalue weighted by Gasteiger charge is 2.71. The first-order chi connectivity index (χ1) is 20.1. The van der Waals surface area contributed by atoms with Gasteiger partial charge in [0.2, 0.25) is 5.60 Å². The lowest BCUT2D eigenvalue weighted by molar-refractivity contribution is -0.201. The maximum absolute atomic E-state index is 14.2. The quantitative estimate of drug-likeness (QED) is 0.364. The Morgan fingerprint density at radius 2 is 1.67 bits per heavy atom. The Bertz CT molecular complexity index is 1530. The molecule has 6 aliphatic rings. The molecule has 1 aromatic rings. The van der Waals surface area contributed by atoms with Gasteiger partial charge in [0.25, 0.3) is 0 Å². The lowest BCUT2D eigenvalue weighted by Gasteiger charge is -2.59. The Hall–Kier alpha value is -2.34. The summed E-state index contributed by atoms with van der Waals surface area (Å²) in [6, 6.07) is 0. The molecule has 7 heteroatoms. The van der Waals surface area contributed by atoms with Crippen molar-refractivity contribution in [1.82, 2.24) is 0 Å². The number of esters is 1. The summed E-state index contributed by atoms with van der Waals surface area (Å²) in [6.45, 7) is 13.5. The van der Waals surface area contributed by atoms with Gasteiger partial charge in [0.1, 0.15) is 17.3 Å². The van der Waals surface area contributed by atoms with Crippen molar-refractivity contribution in [3.8, 4) is 11.5 Å². The molecule has 0 bridgehead atoms. The molecular formula is C36H45ClO6. The summed E-state index contributed by atoms with van der Waals surface area (Å²) in [5.74, 6) is 2.19. The van der Waals surface area contributed by atoms with Gasteiger partial charge in [-0.3, -0.25) is 9.59 Å². The molecule has 6 nitrogen and oxygen atoms in total. The van der Waals surface area contributed by atoms with Gasteiger partial charge < -0.3 is 14.6 Å². The number of Topliss-reactive ketones (excluding diaryl/α,β-unsaturated/α-hetero) is 2. The molecule has 0 saturated heterocycles. The van der Waals surface area contributed by atoms with Crippen LogP contribution in [0.1, 0.15) is 101 Å². The van der Waals surface area contributed by atoms with Gasteiger partial charge >= 0.3 is 5.97 Å². The molecule has 0 amide bonds. The third-order valence-corrected chi connectivity index (χ3v) is 14.2. The molecule has 1 N–H and O–H groups in total. The molecule has 9 atom stereocenters. The second-order valence-electron chi connectivity index (χ2n) is 15.5. The van der Waals surface area contributed by atoms with Gasteiger partial charge in [-0.15, -0.1) is 0 Å². The zero-order valence-corrected chi connectivity index (χ0v) is 27.4. The smallest absolute Gasteiger partial charge is 0.351 e. The van der Waals surface area contributed by atoms with Crippen LogP contribution in [0.3, 0.4) is 0 Å². The molecular weight excluding hydrogens is 564 g/mol. The highest BCUT2D eigenvalue weighted by Crippen LogP contribution is 2.73. The number of aromatic hydroxyl groups is 1. The summed E-state index contributed by atoms with van der Waals surface area (Å²) in [5.41, 5.74) is 1.44. The predicted octanol–water partition coefficient (Wildman–Crippen LogP) is 7.23. The summed E-state index contributed by atoms with van der Waals surface area (Å²) in [6.07, 6.45) is 6.25. The summed E-state index contributed by atoms with van der Waals surface area (Å²) in [7, 11) is 0. The predicted molar refractivity (Wildman–Crippen MR) is 163 cm³/mol. The number of phenolic OH excluding ortho intramolecular Hbond substituents is 1. The van der Waals surface area contributed by atoms with Crippen molar-refractivity contribution in [3.05, 3.63) is 32.9 Å². The molecule has 7 unspecified atom stereocenters. The van der Waals surface area contributed by atoms with Crippen molar-refractivity contribution in [2.75, 3.05) is 0 Å². The van der Waals surface area contributed by atoms with Gasteiger partial charge in [0.05, 0.1) is 0 Å². The number of ether oxygens (including phenoxy) is 2. The molecule has 0 aromatic heterocycles. The molecule has 5 aliphatic carbocycles.